The first-order valence-electron chi connectivity index (χ1n) is 23.6. The van der Waals surface area contributed by atoms with Gasteiger partial charge in [0.2, 0.25) is 11.8 Å². The van der Waals surface area contributed by atoms with E-state index in [0.29, 0.717) is 45.3 Å². The molecule has 17 nitrogen and oxygen atoms in total. The predicted octanol–water partition coefficient (Wildman–Crippen LogP) is 5.48. The molecule has 69 heavy (non-hydrogen) atoms. The summed E-state index contributed by atoms with van der Waals surface area (Å²) in [6.07, 6.45) is 5.06. The largest absolute Gasteiger partial charge is 0.492 e. The number of benzene rings is 3. The summed E-state index contributed by atoms with van der Waals surface area (Å²) >= 11 is 0. The number of likely N-dealkylation sites (N-methyl/N-ethyl adjacent to an activating group) is 1. The van der Waals surface area contributed by atoms with E-state index in [4.69, 9.17) is 26.7 Å². The molecule has 0 unspecified atom stereocenters. The molecule has 4 aromatic rings. The van der Waals surface area contributed by atoms with E-state index in [9.17, 15) is 34.0 Å². The Kier molecular flexibility index (Phi) is 19.9. The molecule has 1 aliphatic heterocycles. The van der Waals surface area contributed by atoms with Gasteiger partial charge in [0.25, 0.3) is 0 Å². The average Bonchev–Trinajstić information content (AvgIpc) is 3.33. The van der Waals surface area contributed by atoms with Gasteiger partial charge in [-0.3, -0.25) is 24.0 Å². The van der Waals surface area contributed by atoms with Crippen LogP contribution in [0.4, 0.5) is 4.79 Å². The molecular weight excluding hydrogens is 879 g/mol. The van der Waals surface area contributed by atoms with Gasteiger partial charge in [-0.05, 0) is 73.6 Å². The van der Waals surface area contributed by atoms with E-state index in [1.54, 1.807) is 50.2 Å². The number of hydrogen-bond acceptors (Lipinski definition) is 13. The van der Waals surface area contributed by atoms with E-state index in [1.165, 1.54) is 23.7 Å². The first-order chi connectivity index (χ1) is 33.2. The van der Waals surface area contributed by atoms with Gasteiger partial charge in [-0.25, -0.2) is 14.8 Å². The molecule has 1 aliphatic rings. The fourth-order valence-corrected chi connectivity index (χ4v) is 8.42. The Morgan fingerprint density at radius 2 is 1.64 bits per heavy atom. The minimum atomic E-state index is -1.31. The van der Waals surface area contributed by atoms with Crippen LogP contribution in [-0.4, -0.2) is 96.0 Å². The Labute approximate surface area is 403 Å². The van der Waals surface area contributed by atoms with Gasteiger partial charge in [-0.1, -0.05) is 63.1 Å². The number of rotatable bonds is 22. The van der Waals surface area contributed by atoms with E-state index in [2.05, 4.69) is 39.7 Å². The molecule has 4 atom stereocenters. The van der Waals surface area contributed by atoms with Crippen molar-refractivity contribution in [2.24, 2.45) is 29.0 Å². The molecule has 2 heterocycles. The van der Waals surface area contributed by atoms with Gasteiger partial charge in [0.1, 0.15) is 30.8 Å². The molecule has 0 spiro atoms. The number of ketones is 3. The minimum Gasteiger partial charge on any atom is -0.492 e. The molecule has 366 valence electrons. The van der Waals surface area contributed by atoms with Crippen molar-refractivity contribution in [1.29, 1.82) is 5.26 Å². The molecule has 4 amide bonds. The molecule has 0 fully saturated rings. The summed E-state index contributed by atoms with van der Waals surface area (Å²) in [7, 11) is 1.45. The van der Waals surface area contributed by atoms with Crippen molar-refractivity contribution in [3.63, 3.8) is 0 Å². The minimum absolute atomic E-state index is 0.0207. The SMILES string of the molecule is CCCCCc1ccc(-c2ncc(C(=O)C[C@@H](CCNC(N)=O)C(=O)N(C)[C@@H]3C(=O)C[C@@H](C)C(=O)N[C@H](C(=O)CCC#N)Cc4ccc(OCCN)c(c4)-c4cc3ccc4OCCN)c(C)n2)cc1. The quantitative estimate of drug-likeness (QED) is 0.0483. The molecule has 4 bridgehead atoms. The number of nitrogens with one attached hydrogen (secondary N) is 2. The number of hydrogen-bond donors (Lipinski definition) is 5. The molecule has 8 N–H and O–H groups in total. The average molecular weight is 944 g/mol. The lowest BCUT2D eigenvalue weighted by atomic mass is 9.88. The van der Waals surface area contributed by atoms with E-state index < -0.39 is 53.3 Å². The summed E-state index contributed by atoms with van der Waals surface area (Å²) < 4.78 is 12.3. The monoisotopic (exact) mass is 943 g/mol. The van der Waals surface area contributed by atoms with E-state index >= 15 is 0 Å². The molecule has 0 saturated carbocycles. The fraction of sp³-hybridized carbons (Fsp3) is 0.442. The number of carbonyl (C=O) groups excluding carboxylic acids is 6. The number of unbranched alkanes of at least 4 members (excludes halogenated alkanes) is 2. The molecule has 0 aliphatic carbocycles. The Bertz CT molecular complexity index is 2510. The normalized spacial score (nSPS) is 16.3. The molecule has 0 saturated heterocycles. The first-order valence-corrected chi connectivity index (χ1v) is 23.6. The predicted molar refractivity (Wildman–Crippen MR) is 261 cm³/mol. The lowest BCUT2D eigenvalue weighted by molar-refractivity contribution is -0.142. The van der Waals surface area contributed by atoms with Crippen molar-refractivity contribution < 1.29 is 38.2 Å². The third-order valence-corrected chi connectivity index (χ3v) is 12.2. The summed E-state index contributed by atoms with van der Waals surface area (Å²) in [6.45, 7) is 6.05. The van der Waals surface area contributed by atoms with Crippen molar-refractivity contribution >= 4 is 35.2 Å². The van der Waals surface area contributed by atoms with Crippen molar-refractivity contribution in [2.75, 3.05) is 39.9 Å². The number of nitrogens with two attached hydrogens (primary N) is 3. The number of carbonyl (C=O) groups is 6. The highest BCUT2D eigenvalue weighted by molar-refractivity contribution is 6.00. The lowest BCUT2D eigenvalue weighted by Gasteiger charge is -2.32. The first kappa shape index (κ1) is 52.9. The number of nitrogens with zero attached hydrogens (tertiary/aromatic N) is 4. The summed E-state index contributed by atoms with van der Waals surface area (Å²) in [5.41, 5.74) is 21.8. The number of amides is 4. The molecule has 5 rings (SSSR count). The van der Waals surface area contributed by atoms with E-state index in [1.807, 2.05) is 18.2 Å². The van der Waals surface area contributed by atoms with Crippen LogP contribution in [0.2, 0.25) is 0 Å². The number of nitriles is 1. The maximum atomic E-state index is 14.9. The zero-order valence-corrected chi connectivity index (χ0v) is 40.1. The van der Waals surface area contributed by atoms with E-state index in [-0.39, 0.29) is 82.7 Å². The second-order valence-corrected chi connectivity index (χ2v) is 17.4. The fourth-order valence-electron chi connectivity index (χ4n) is 8.42. The molecular formula is C52H65N9O8. The second-order valence-electron chi connectivity index (χ2n) is 17.4. The Morgan fingerprint density at radius 1 is 0.957 bits per heavy atom. The number of urea groups is 1. The van der Waals surface area contributed by atoms with Crippen molar-refractivity contribution in [1.82, 2.24) is 25.5 Å². The lowest BCUT2D eigenvalue weighted by Crippen LogP contribution is -2.46. The summed E-state index contributed by atoms with van der Waals surface area (Å²) in [5.74, 6) is -3.25. The van der Waals surface area contributed by atoms with Crippen molar-refractivity contribution in [3.8, 4) is 40.1 Å². The summed E-state index contributed by atoms with van der Waals surface area (Å²) in [6, 6.07) is 17.2. The smallest absolute Gasteiger partial charge is 0.312 e. The zero-order chi connectivity index (χ0) is 50.0. The van der Waals surface area contributed by atoms with Crippen LogP contribution in [0.1, 0.15) is 104 Å². The number of Topliss-reactive ketones (excluding diaryl/α,β-unsaturated/α-hetero) is 3. The zero-order valence-electron chi connectivity index (χ0n) is 40.1. The number of fused-ring (bicyclic) bond motifs is 5. The molecule has 3 aromatic carbocycles. The van der Waals surface area contributed by atoms with Crippen molar-refractivity contribution in [2.45, 2.75) is 97.1 Å². The highest BCUT2D eigenvalue weighted by atomic mass is 16.5. The number of primary amides is 1. The van der Waals surface area contributed by atoms with Gasteiger partial charge >= 0.3 is 6.03 Å². The highest BCUT2D eigenvalue weighted by Crippen LogP contribution is 2.41. The number of aromatic nitrogens is 2. The number of aryl methyl sites for hydroxylation is 2. The molecule has 1 aromatic heterocycles. The maximum absolute atomic E-state index is 14.9. The van der Waals surface area contributed by atoms with Gasteiger partial charge in [0.15, 0.2) is 23.2 Å². The van der Waals surface area contributed by atoms with Gasteiger partial charge in [0, 0.05) is 87.1 Å². The van der Waals surface area contributed by atoms with Crippen LogP contribution in [0, 0.1) is 30.1 Å². The van der Waals surface area contributed by atoms with Crippen LogP contribution in [0.3, 0.4) is 0 Å². The van der Waals surface area contributed by atoms with Crippen LogP contribution >= 0.6 is 0 Å². The maximum Gasteiger partial charge on any atom is 0.312 e. The van der Waals surface area contributed by atoms with Crippen LogP contribution in [0.15, 0.2) is 66.9 Å². The van der Waals surface area contributed by atoms with Gasteiger partial charge in [0.05, 0.1) is 23.4 Å². The third kappa shape index (κ3) is 14.5. The van der Waals surface area contributed by atoms with Crippen LogP contribution in [0.25, 0.3) is 22.5 Å². The topological polar surface area (TPSA) is 276 Å². The standard InChI is InChI=1S/C52H65N9O8/c1-5-6-7-9-34-11-14-36(15-12-34)49-58-31-41(33(3)59-49)44(63)30-38(19-23-57-52(56)67)51(66)61(4)48-37-16-18-47(69-25-22-55)40(29-37)39-27-35(13-17-46(39)68-24-21-54)28-42(43(62)10-8-20-53)60-50(65)32(2)26-45(48)64/h11-18,27,29,31-32,38,42,48H,5-10,19,21-26,28,30,54-55H2,1-4H3,(H,60,65)(H3,56,57,67)/t32-,38-,42+,48+/m1/s1. The van der Waals surface area contributed by atoms with Crippen molar-refractivity contribution in [3.05, 3.63) is 94.8 Å². The number of ether oxygens (including phenoxy) is 2. The summed E-state index contributed by atoms with van der Waals surface area (Å²) in [4.78, 5) is 93.6. The summed E-state index contributed by atoms with van der Waals surface area (Å²) in [5, 5.41) is 14.6. The second kappa shape index (κ2) is 25.9. The van der Waals surface area contributed by atoms with E-state index in [0.717, 1.165) is 31.2 Å². The third-order valence-electron chi connectivity index (χ3n) is 12.2. The van der Waals surface area contributed by atoms with Crippen LogP contribution in [0.5, 0.6) is 11.5 Å². The van der Waals surface area contributed by atoms with Gasteiger partial charge in [-0.2, -0.15) is 5.26 Å². The Morgan fingerprint density at radius 3 is 2.28 bits per heavy atom. The Balaban J connectivity index is 1.56. The van der Waals surface area contributed by atoms with Crippen LogP contribution < -0.4 is 37.3 Å². The van der Waals surface area contributed by atoms with Gasteiger partial charge < -0.3 is 42.2 Å². The highest BCUT2D eigenvalue weighted by Gasteiger charge is 2.36. The van der Waals surface area contributed by atoms with Crippen LogP contribution in [-0.2, 0) is 32.0 Å². The molecule has 0 radical (unpaired) electrons. The molecule has 17 heteroatoms. The Hall–Kier alpha value is -7.03. The van der Waals surface area contributed by atoms with Gasteiger partial charge in [-0.15, -0.1) is 0 Å².